The Morgan fingerprint density at radius 1 is 1.50 bits per heavy atom. The lowest BCUT2D eigenvalue weighted by atomic mass is 9.99. The molecule has 0 aromatic carbocycles. The second kappa shape index (κ2) is 7.28. The molecule has 18 heavy (non-hydrogen) atoms. The van der Waals surface area contributed by atoms with Crippen LogP contribution in [0.2, 0.25) is 0 Å². The molecule has 0 aromatic heterocycles. The van der Waals surface area contributed by atoms with Crippen molar-refractivity contribution >= 4 is 12.3 Å². The van der Waals surface area contributed by atoms with Crippen LogP contribution in [-0.2, 0) is 23.8 Å². The van der Waals surface area contributed by atoms with Crippen LogP contribution >= 0.6 is 0 Å². The third kappa shape index (κ3) is 3.40. The van der Waals surface area contributed by atoms with E-state index in [1.807, 2.05) is 0 Å². The summed E-state index contributed by atoms with van der Waals surface area (Å²) in [6, 6.07) is 0. The smallest absolute Gasteiger partial charge is 0.334 e. The molecule has 2 atom stereocenters. The van der Waals surface area contributed by atoms with Crippen molar-refractivity contribution in [3.63, 3.8) is 0 Å². The van der Waals surface area contributed by atoms with Crippen molar-refractivity contribution in [2.75, 3.05) is 13.9 Å². The summed E-state index contributed by atoms with van der Waals surface area (Å²) in [4.78, 5) is 22.5. The van der Waals surface area contributed by atoms with E-state index in [-0.39, 0.29) is 12.9 Å². The summed E-state index contributed by atoms with van der Waals surface area (Å²) in [7, 11) is 1.53. The predicted molar refractivity (Wildman–Crippen MR) is 64.9 cm³/mol. The number of hydrogen-bond acceptors (Lipinski definition) is 5. The van der Waals surface area contributed by atoms with E-state index in [9.17, 15) is 9.59 Å². The van der Waals surface area contributed by atoms with E-state index in [0.29, 0.717) is 17.4 Å². The fourth-order valence-corrected chi connectivity index (χ4v) is 1.91. The Hall–Kier alpha value is -1.20. The highest BCUT2D eigenvalue weighted by Gasteiger charge is 2.37. The average molecular weight is 256 g/mol. The molecule has 0 saturated carbocycles. The summed E-state index contributed by atoms with van der Waals surface area (Å²) in [6.07, 6.45) is 2.42. The Labute approximate surface area is 107 Å². The molecule has 0 spiro atoms. The molecule has 1 rings (SSSR count). The first kappa shape index (κ1) is 14.9. The van der Waals surface area contributed by atoms with Crippen molar-refractivity contribution in [3.05, 3.63) is 11.1 Å². The topological polar surface area (TPSA) is 61.8 Å². The second-order valence-electron chi connectivity index (χ2n) is 4.28. The maximum Gasteiger partial charge on any atom is 0.334 e. The van der Waals surface area contributed by atoms with Gasteiger partial charge >= 0.3 is 5.97 Å². The third-order valence-electron chi connectivity index (χ3n) is 2.99. The zero-order chi connectivity index (χ0) is 13.5. The van der Waals surface area contributed by atoms with Crippen LogP contribution in [0.4, 0.5) is 0 Å². The lowest BCUT2D eigenvalue weighted by Gasteiger charge is -2.23. The van der Waals surface area contributed by atoms with Gasteiger partial charge in [-0.25, -0.2) is 4.79 Å². The Kier molecular flexibility index (Phi) is 6.01. The molecule has 0 amide bonds. The van der Waals surface area contributed by atoms with Crippen molar-refractivity contribution in [3.8, 4) is 0 Å². The lowest BCUT2D eigenvalue weighted by Crippen LogP contribution is -2.32. The minimum Gasteiger partial charge on any atom is -0.451 e. The number of hydrogen-bond donors (Lipinski definition) is 0. The molecule has 0 radical (unpaired) electrons. The van der Waals surface area contributed by atoms with Crippen LogP contribution in [0.15, 0.2) is 11.1 Å². The van der Waals surface area contributed by atoms with Gasteiger partial charge in [0.05, 0.1) is 0 Å². The Balaban J connectivity index is 2.78. The molecule has 5 heteroatoms. The number of rotatable bonds is 8. The van der Waals surface area contributed by atoms with Crippen LogP contribution in [0.1, 0.15) is 33.1 Å². The van der Waals surface area contributed by atoms with E-state index in [1.165, 1.54) is 7.11 Å². The normalized spacial score (nSPS) is 21.1. The van der Waals surface area contributed by atoms with Gasteiger partial charge in [-0.3, -0.25) is 4.79 Å². The second-order valence-corrected chi connectivity index (χ2v) is 4.28. The van der Waals surface area contributed by atoms with E-state index in [1.54, 1.807) is 6.92 Å². The van der Waals surface area contributed by atoms with Gasteiger partial charge in [-0.05, 0) is 13.3 Å². The van der Waals surface area contributed by atoms with Crippen LogP contribution in [0.25, 0.3) is 0 Å². The number of carbonyl (C=O) groups excluding carboxylic acids is 2. The van der Waals surface area contributed by atoms with Crippen molar-refractivity contribution in [2.24, 2.45) is 0 Å². The van der Waals surface area contributed by atoms with Gasteiger partial charge in [-0.1, -0.05) is 19.8 Å². The number of cyclic esters (lactones) is 1. The first-order chi connectivity index (χ1) is 8.65. The molecule has 0 N–H and O–H groups in total. The van der Waals surface area contributed by atoms with E-state index < -0.39 is 12.1 Å². The quantitative estimate of drug-likeness (QED) is 0.375. The van der Waals surface area contributed by atoms with Crippen LogP contribution in [0.5, 0.6) is 0 Å². The largest absolute Gasteiger partial charge is 0.451 e. The molecule has 0 aromatic rings. The zero-order valence-corrected chi connectivity index (χ0v) is 11.1. The van der Waals surface area contributed by atoms with Crippen molar-refractivity contribution in [2.45, 2.75) is 45.3 Å². The zero-order valence-electron chi connectivity index (χ0n) is 11.1. The highest BCUT2D eigenvalue weighted by molar-refractivity contribution is 5.99. The first-order valence-corrected chi connectivity index (χ1v) is 6.13. The van der Waals surface area contributed by atoms with Crippen molar-refractivity contribution in [1.29, 1.82) is 0 Å². The number of methoxy groups -OCH3 is 1. The Morgan fingerprint density at radius 2 is 2.22 bits per heavy atom. The molecule has 102 valence electrons. The fourth-order valence-electron chi connectivity index (χ4n) is 1.91. The van der Waals surface area contributed by atoms with Gasteiger partial charge in [0, 0.05) is 18.3 Å². The minimum absolute atomic E-state index is 0.119. The standard InChI is InChI=1S/C13H20O5/c1-4-5-6-11(17-8-16-3)12-10(7-14)9(2)13(15)18-12/h7,11-12H,4-6,8H2,1-3H3/t11-,12-/m0/s1. The minimum atomic E-state index is -0.600. The maximum absolute atomic E-state index is 11.5. The lowest BCUT2D eigenvalue weighted by molar-refractivity contribution is -0.153. The molecule has 0 bridgehead atoms. The van der Waals surface area contributed by atoms with E-state index >= 15 is 0 Å². The van der Waals surface area contributed by atoms with Crippen LogP contribution in [0.3, 0.4) is 0 Å². The number of unbranched alkanes of at least 4 members (excludes halogenated alkanes) is 1. The molecule has 1 heterocycles. The van der Waals surface area contributed by atoms with Crippen LogP contribution in [-0.4, -0.2) is 38.4 Å². The summed E-state index contributed by atoms with van der Waals surface area (Å²) in [6.45, 7) is 3.78. The molecule has 0 aliphatic carbocycles. The average Bonchev–Trinajstić information content (AvgIpc) is 2.65. The highest BCUT2D eigenvalue weighted by Crippen LogP contribution is 2.27. The van der Waals surface area contributed by atoms with Gasteiger partial charge < -0.3 is 14.2 Å². The van der Waals surface area contributed by atoms with Crippen LogP contribution < -0.4 is 0 Å². The molecule has 0 fully saturated rings. The van der Waals surface area contributed by atoms with Gasteiger partial charge in [0.15, 0.2) is 6.10 Å². The van der Waals surface area contributed by atoms with Gasteiger partial charge in [-0.15, -0.1) is 0 Å². The van der Waals surface area contributed by atoms with Gasteiger partial charge in [0.25, 0.3) is 0 Å². The van der Waals surface area contributed by atoms with Gasteiger partial charge in [-0.2, -0.15) is 0 Å². The number of esters is 1. The van der Waals surface area contributed by atoms with Crippen LogP contribution in [0, 0.1) is 0 Å². The summed E-state index contributed by atoms with van der Waals surface area (Å²) in [5.41, 5.74) is 0.759. The third-order valence-corrected chi connectivity index (χ3v) is 2.99. The number of carbonyl (C=O) groups is 2. The van der Waals surface area contributed by atoms with Crippen molar-refractivity contribution in [1.82, 2.24) is 0 Å². The summed E-state index contributed by atoms with van der Waals surface area (Å²) in [5, 5.41) is 0. The maximum atomic E-state index is 11.5. The fraction of sp³-hybridized carbons (Fsp3) is 0.692. The molecule has 1 aliphatic heterocycles. The first-order valence-electron chi connectivity index (χ1n) is 6.13. The monoisotopic (exact) mass is 256 g/mol. The molecule has 1 aliphatic rings. The summed E-state index contributed by atoms with van der Waals surface area (Å²) in [5.74, 6) is -0.440. The Bertz CT molecular complexity index is 326. The number of ether oxygens (including phenoxy) is 3. The van der Waals surface area contributed by atoms with Gasteiger partial charge in [0.2, 0.25) is 0 Å². The van der Waals surface area contributed by atoms with Gasteiger partial charge in [0.1, 0.15) is 19.2 Å². The molecular formula is C13H20O5. The molecule has 0 unspecified atom stereocenters. The van der Waals surface area contributed by atoms with E-state index in [2.05, 4.69) is 6.92 Å². The van der Waals surface area contributed by atoms with Crippen molar-refractivity contribution < 1.29 is 23.8 Å². The molecular weight excluding hydrogens is 236 g/mol. The van der Waals surface area contributed by atoms with E-state index in [0.717, 1.165) is 19.3 Å². The summed E-state index contributed by atoms with van der Waals surface area (Å²) >= 11 is 0. The predicted octanol–water partition coefficient (Wildman–Crippen LogP) is 1.61. The highest BCUT2D eigenvalue weighted by atomic mass is 16.7. The van der Waals surface area contributed by atoms with E-state index in [4.69, 9.17) is 14.2 Å². The molecule has 5 nitrogen and oxygen atoms in total. The SMILES string of the molecule is CCCC[C@H](OCOC)[C@H]1OC(=O)C(C)=C1C=O. The Morgan fingerprint density at radius 3 is 2.78 bits per heavy atom. The molecule has 0 saturated heterocycles. The summed E-state index contributed by atoms with van der Waals surface area (Å²) < 4.78 is 15.6. The number of aldehydes is 1.